The predicted octanol–water partition coefficient (Wildman–Crippen LogP) is 4.75. The molecule has 4 aliphatic carbocycles. The van der Waals surface area contributed by atoms with Gasteiger partial charge in [-0.2, -0.15) is 0 Å². The lowest BCUT2D eigenvalue weighted by atomic mass is 9.42. The SMILES string of the molecule is C[C@H](OC(=O)c1ccccc1)[C@]1(O)CC[C@@]2(O)[C@]1(C)[C@H](OC(=O)/C=C/c1ccccc1)C[C@@H]1[C@@]3(C)CC[C@H](O)CC3=CC[C@]12O. The molecule has 0 saturated heterocycles. The number of benzene rings is 2. The molecule has 2 aromatic carbocycles. The number of hydrogen-bond donors (Lipinski definition) is 4. The van der Waals surface area contributed by atoms with E-state index in [0.717, 1.165) is 11.1 Å². The van der Waals surface area contributed by atoms with E-state index < -0.39 is 63.8 Å². The van der Waals surface area contributed by atoms with Crippen LogP contribution in [0.5, 0.6) is 0 Å². The average molecular weight is 617 g/mol. The van der Waals surface area contributed by atoms with Crippen LogP contribution in [0.25, 0.3) is 6.08 Å². The summed E-state index contributed by atoms with van der Waals surface area (Å²) >= 11 is 0. The number of aliphatic hydroxyl groups excluding tert-OH is 1. The van der Waals surface area contributed by atoms with E-state index in [-0.39, 0.29) is 25.7 Å². The molecule has 3 saturated carbocycles. The smallest absolute Gasteiger partial charge is 0.338 e. The molecule has 0 unspecified atom stereocenters. The summed E-state index contributed by atoms with van der Waals surface area (Å²) in [6, 6.07) is 17.8. The zero-order valence-electron chi connectivity index (χ0n) is 26.2. The monoisotopic (exact) mass is 616 g/mol. The largest absolute Gasteiger partial charge is 0.458 e. The Hall–Kier alpha value is -3.30. The third-order valence-corrected chi connectivity index (χ3v) is 12.1. The first-order chi connectivity index (χ1) is 21.3. The number of hydrogen-bond acceptors (Lipinski definition) is 8. The fourth-order valence-corrected chi connectivity index (χ4v) is 9.30. The van der Waals surface area contributed by atoms with Crippen LogP contribution in [0.3, 0.4) is 0 Å². The fourth-order valence-electron chi connectivity index (χ4n) is 9.30. The first kappa shape index (κ1) is 31.7. The van der Waals surface area contributed by atoms with Crippen molar-refractivity contribution in [1.82, 2.24) is 0 Å². The maximum absolute atomic E-state index is 13.4. The van der Waals surface area contributed by atoms with Gasteiger partial charge in [0.05, 0.1) is 17.1 Å². The van der Waals surface area contributed by atoms with Gasteiger partial charge in [-0.25, -0.2) is 9.59 Å². The standard InChI is InChI=1S/C37H44O8/c1-24(44-32(40)26-12-8-5-9-13-26)35(41)20-21-37(43)34(35,3)30(45-31(39)15-14-25-10-6-4-7-11-25)23-29-33(2)18-17-28(38)22-27(33)16-19-36(29,37)42/h4-16,24,28-30,38,41-43H,17-23H2,1-3H3/b15-14+/t24-,28-,29+,30+,33-,34+,35+,36-,37+/m0/s1. The summed E-state index contributed by atoms with van der Waals surface area (Å²) in [5, 5.41) is 48.6. The molecule has 240 valence electrons. The molecule has 8 heteroatoms. The molecule has 0 spiro atoms. The molecule has 0 aliphatic heterocycles. The number of aliphatic hydroxyl groups is 4. The van der Waals surface area contributed by atoms with E-state index in [2.05, 4.69) is 6.92 Å². The van der Waals surface area contributed by atoms with Gasteiger partial charge in [-0.05, 0) is 81.1 Å². The Balaban J connectivity index is 1.40. The van der Waals surface area contributed by atoms with Gasteiger partial charge < -0.3 is 29.9 Å². The third kappa shape index (κ3) is 4.72. The Morgan fingerprint density at radius 3 is 2.31 bits per heavy atom. The highest BCUT2D eigenvalue weighted by Gasteiger charge is 2.81. The number of ether oxygens (including phenoxy) is 2. The van der Waals surface area contributed by atoms with Crippen LogP contribution in [0, 0.1) is 16.7 Å². The lowest BCUT2D eigenvalue weighted by molar-refractivity contribution is -0.326. The summed E-state index contributed by atoms with van der Waals surface area (Å²) in [7, 11) is 0. The van der Waals surface area contributed by atoms with Crippen LogP contribution in [-0.4, -0.2) is 67.5 Å². The second kappa shape index (κ2) is 11.2. The highest BCUT2D eigenvalue weighted by molar-refractivity contribution is 5.89. The van der Waals surface area contributed by atoms with Crippen molar-refractivity contribution in [1.29, 1.82) is 0 Å². The number of carbonyl (C=O) groups is 2. The van der Waals surface area contributed by atoms with Gasteiger partial charge in [0.15, 0.2) is 0 Å². The summed E-state index contributed by atoms with van der Waals surface area (Å²) in [5.41, 5.74) is -5.43. The number of esters is 2. The van der Waals surface area contributed by atoms with E-state index >= 15 is 0 Å². The van der Waals surface area contributed by atoms with Crippen molar-refractivity contribution in [3.63, 3.8) is 0 Å². The van der Waals surface area contributed by atoms with E-state index in [1.54, 1.807) is 50.3 Å². The number of carbonyl (C=O) groups excluding carboxylic acids is 2. The molecule has 2 aromatic rings. The average Bonchev–Trinajstić information content (AvgIpc) is 3.26. The molecule has 0 amide bonds. The van der Waals surface area contributed by atoms with Crippen LogP contribution in [0.15, 0.2) is 78.4 Å². The lowest BCUT2D eigenvalue weighted by Gasteiger charge is -2.67. The van der Waals surface area contributed by atoms with Crippen LogP contribution in [0.2, 0.25) is 0 Å². The molecule has 0 radical (unpaired) electrons. The molecule has 45 heavy (non-hydrogen) atoms. The van der Waals surface area contributed by atoms with Gasteiger partial charge >= 0.3 is 11.9 Å². The normalized spacial score (nSPS) is 39.6. The van der Waals surface area contributed by atoms with Gasteiger partial charge in [0.25, 0.3) is 0 Å². The van der Waals surface area contributed by atoms with Crippen LogP contribution < -0.4 is 0 Å². The second-order valence-electron chi connectivity index (χ2n) is 14.0. The first-order valence-corrected chi connectivity index (χ1v) is 16.0. The van der Waals surface area contributed by atoms with E-state index in [9.17, 15) is 30.0 Å². The van der Waals surface area contributed by atoms with Crippen molar-refractivity contribution in [2.75, 3.05) is 0 Å². The molecule has 6 rings (SSSR count). The predicted molar refractivity (Wildman–Crippen MR) is 168 cm³/mol. The highest BCUT2D eigenvalue weighted by Crippen LogP contribution is 2.71. The number of rotatable bonds is 6. The summed E-state index contributed by atoms with van der Waals surface area (Å²) in [6.45, 7) is 5.31. The van der Waals surface area contributed by atoms with Gasteiger partial charge in [0.1, 0.15) is 29.0 Å². The molecule has 4 aliphatic rings. The van der Waals surface area contributed by atoms with E-state index in [1.807, 2.05) is 36.4 Å². The Morgan fingerprint density at radius 2 is 1.62 bits per heavy atom. The minimum atomic E-state index is -1.90. The minimum absolute atomic E-state index is 0.00993. The van der Waals surface area contributed by atoms with Crippen LogP contribution in [0.4, 0.5) is 0 Å². The minimum Gasteiger partial charge on any atom is -0.458 e. The lowest BCUT2D eigenvalue weighted by Crippen LogP contribution is -2.78. The summed E-state index contributed by atoms with van der Waals surface area (Å²) in [5.74, 6) is -1.78. The van der Waals surface area contributed by atoms with Crippen molar-refractivity contribution in [3.8, 4) is 0 Å². The van der Waals surface area contributed by atoms with Crippen LogP contribution >= 0.6 is 0 Å². The molecular weight excluding hydrogens is 572 g/mol. The summed E-state index contributed by atoms with van der Waals surface area (Å²) in [4.78, 5) is 26.6. The Labute approximate surface area is 264 Å². The summed E-state index contributed by atoms with van der Waals surface area (Å²) in [6.07, 6.45) is 4.27. The van der Waals surface area contributed by atoms with Crippen molar-refractivity contribution < 1.29 is 39.5 Å². The van der Waals surface area contributed by atoms with Gasteiger partial charge in [-0.3, -0.25) is 0 Å². The number of fused-ring (bicyclic) bond motifs is 5. The molecule has 8 nitrogen and oxygen atoms in total. The second-order valence-corrected chi connectivity index (χ2v) is 14.0. The van der Waals surface area contributed by atoms with Crippen molar-refractivity contribution in [3.05, 3.63) is 89.5 Å². The van der Waals surface area contributed by atoms with Gasteiger partial charge in [-0.1, -0.05) is 74.0 Å². The van der Waals surface area contributed by atoms with Crippen molar-refractivity contribution in [2.24, 2.45) is 16.7 Å². The maximum Gasteiger partial charge on any atom is 0.338 e. The van der Waals surface area contributed by atoms with E-state index in [1.165, 1.54) is 6.08 Å². The van der Waals surface area contributed by atoms with Gasteiger partial charge in [0.2, 0.25) is 0 Å². The fraction of sp³-hybridized carbons (Fsp3) is 0.514. The third-order valence-electron chi connectivity index (χ3n) is 12.1. The summed E-state index contributed by atoms with van der Waals surface area (Å²) < 4.78 is 12.1. The molecular formula is C37H44O8. The van der Waals surface area contributed by atoms with Crippen LogP contribution in [0.1, 0.15) is 81.6 Å². The highest BCUT2D eigenvalue weighted by atomic mass is 16.6. The topological polar surface area (TPSA) is 134 Å². The Morgan fingerprint density at radius 1 is 0.956 bits per heavy atom. The van der Waals surface area contributed by atoms with Crippen molar-refractivity contribution in [2.45, 2.75) is 101 Å². The van der Waals surface area contributed by atoms with E-state index in [4.69, 9.17) is 9.47 Å². The Kier molecular flexibility index (Phi) is 7.88. The van der Waals surface area contributed by atoms with Crippen molar-refractivity contribution >= 4 is 18.0 Å². The van der Waals surface area contributed by atoms with Gasteiger partial charge in [-0.15, -0.1) is 0 Å². The zero-order valence-corrected chi connectivity index (χ0v) is 26.2. The first-order valence-electron chi connectivity index (χ1n) is 16.0. The molecule has 4 N–H and O–H groups in total. The van der Waals surface area contributed by atoms with Gasteiger partial charge in [0, 0.05) is 12.0 Å². The Bertz CT molecular complexity index is 1500. The van der Waals surface area contributed by atoms with Crippen LogP contribution in [-0.2, 0) is 14.3 Å². The van der Waals surface area contributed by atoms with E-state index in [0.29, 0.717) is 24.8 Å². The molecule has 9 atom stereocenters. The molecule has 0 aromatic heterocycles. The maximum atomic E-state index is 13.4. The molecule has 3 fully saturated rings. The quantitative estimate of drug-likeness (QED) is 0.208. The molecule has 0 bridgehead atoms. The molecule has 0 heterocycles. The zero-order chi connectivity index (χ0) is 32.3.